The minimum atomic E-state index is -0.565. The lowest BCUT2D eigenvalue weighted by Crippen LogP contribution is -2.22. The minimum absolute atomic E-state index is 0.0181. The first-order valence-corrected chi connectivity index (χ1v) is 11.4. The number of benzene rings is 3. The van der Waals surface area contributed by atoms with Gasteiger partial charge in [-0.1, -0.05) is 68.8 Å². The number of halogens is 1. The summed E-state index contributed by atoms with van der Waals surface area (Å²) in [5, 5.41) is 10.2. The third-order valence-electron chi connectivity index (χ3n) is 5.72. The molecule has 3 aromatic carbocycles. The quantitative estimate of drug-likeness (QED) is 0.358. The molecule has 7 heteroatoms. The summed E-state index contributed by atoms with van der Waals surface area (Å²) >= 11 is 6.41. The normalized spacial score (nSPS) is 15.0. The second-order valence-corrected chi connectivity index (χ2v) is 9.59. The Balaban J connectivity index is 1.49. The number of fused-ring (bicyclic) bond motifs is 1. The van der Waals surface area contributed by atoms with Crippen LogP contribution in [-0.4, -0.2) is 12.6 Å². The van der Waals surface area contributed by atoms with Crippen molar-refractivity contribution >= 4 is 17.6 Å². The van der Waals surface area contributed by atoms with Gasteiger partial charge in [0.1, 0.15) is 28.9 Å². The number of nitrogens with zero attached hydrogens (tertiary/aromatic N) is 1. The Morgan fingerprint density at radius 2 is 1.74 bits per heavy atom. The van der Waals surface area contributed by atoms with Crippen molar-refractivity contribution in [1.82, 2.24) is 0 Å². The van der Waals surface area contributed by atoms with Gasteiger partial charge in [-0.05, 0) is 40.8 Å². The summed E-state index contributed by atoms with van der Waals surface area (Å²) in [6, 6.07) is 21.9. The Morgan fingerprint density at radius 3 is 2.40 bits per heavy atom. The molecule has 35 heavy (non-hydrogen) atoms. The molecule has 0 spiro atoms. The van der Waals surface area contributed by atoms with E-state index in [1.807, 2.05) is 42.5 Å². The van der Waals surface area contributed by atoms with Gasteiger partial charge in [0.15, 0.2) is 6.61 Å². The van der Waals surface area contributed by atoms with Crippen molar-refractivity contribution in [2.24, 2.45) is 5.73 Å². The van der Waals surface area contributed by atoms with Gasteiger partial charge >= 0.3 is 5.97 Å². The molecule has 0 fully saturated rings. The van der Waals surface area contributed by atoms with Gasteiger partial charge in [-0.15, -0.1) is 0 Å². The summed E-state index contributed by atoms with van der Waals surface area (Å²) < 4.78 is 16.7. The summed E-state index contributed by atoms with van der Waals surface area (Å²) in [5.74, 6) is 0.150. The molecule has 1 atom stereocenters. The Morgan fingerprint density at radius 1 is 1.06 bits per heavy atom. The monoisotopic (exact) mass is 488 g/mol. The average Bonchev–Trinajstić information content (AvgIpc) is 2.82. The van der Waals surface area contributed by atoms with E-state index in [9.17, 15) is 10.1 Å². The fourth-order valence-electron chi connectivity index (χ4n) is 3.88. The van der Waals surface area contributed by atoms with Crippen molar-refractivity contribution < 1.29 is 19.0 Å². The van der Waals surface area contributed by atoms with E-state index in [1.165, 1.54) is 5.56 Å². The third-order valence-corrected chi connectivity index (χ3v) is 6.06. The van der Waals surface area contributed by atoms with Gasteiger partial charge in [0.2, 0.25) is 5.88 Å². The molecule has 0 aliphatic carbocycles. The number of allylic oxidation sites excluding steroid dienone is 1. The van der Waals surface area contributed by atoms with Gasteiger partial charge in [-0.2, -0.15) is 5.26 Å². The Kier molecular flexibility index (Phi) is 6.72. The van der Waals surface area contributed by atoms with Crippen LogP contribution in [0.5, 0.6) is 17.2 Å². The molecule has 1 aliphatic heterocycles. The standard InChI is InChI=1S/C28H25ClN2O4/c1-28(2,3)17-8-10-18(11-9-17)33-16-25(32)34-19-12-13-21-24(14-19)35-27(31)22(15-30)26(21)20-6-4-5-7-23(20)29/h4-14,26H,16,31H2,1-3H3. The largest absolute Gasteiger partial charge is 0.482 e. The fraction of sp³-hybridized carbons (Fsp3) is 0.214. The highest BCUT2D eigenvalue weighted by molar-refractivity contribution is 6.31. The van der Waals surface area contributed by atoms with Gasteiger partial charge in [0, 0.05) is 16.7 Å². The van der Waals surface area contributed by atoms with Crippen molar-refractivity contribution in [3.63, 3.8) is 0 Å². The number of nitriles is 1. The van der Waals surface area contributed by atoms with Crippen molar-refractivity contribution in [3.05, 3.63) is 99.9 Å². The first kappa shape index (κ1) is 24.2. The van der Waals surface area contributed by atoms with E-state index in [0.29, 0.717) is 22.1 Å². The Labute approximate surface area is 209 Å². The van der Waals surface area contributed by atoms with Crippen LogP contribution in [0.15, 0.2) is 78.2 Å². The maximum atomic E-state index is 12.4. The molecule has 1 aliphatic rings. The van der Waals surface area contributed by atoms with E-state index >= 15 is 0 Å². The van der Waals surface area contributed by atoms with Crippen LogP contribution in [0.25, 0.3) is 0 Å². The lowest BCUT2D eigenvalue weighted by Gasteiger charge is -2.27. The maximum absolute atomic E-state index is 12.4. The first-order chi connectivity index (χ1) is 16.7. The van der Waals surface area contributed by atoms with E-state index in [1.54, 1.807) is 24.3 Å². The predicted octanol–water partition coefficient (Wildman–Crippen LogP) is 5.84. The van der Waals surface area contributed by atoms with Crippen molar-refractivity contribution in [2.75, 3.05) is 6.61 Å². The lowest BCUT2D eigenvalue weighted by atomic mass is 9.83. The van der Waals surface area contributed by atoms with Crippen LogP contribution in [0.1, 0.15) is 43.4 Å². The molecule has 0 aromatic heterocycles. The molecule has 0 radical (unpaired) electrons. The van der Waals surface area contributed by atoms with E-state index < -0.39 is 11.9 Å². The van der Waals surface area contributed by atoms with Crippen LogP contribution in [0.4, 0.5) is 0 Å². The van der Waals surface area contributed by atoms with Crippen molar-refractivity contribution in [3.8, 4) is 23.3 Å². The SMILES string of the molecule is CC(C)(C)c1ccc(OCC(=O)Oc2ccc3c(c2)OC(N)=C(C#N)C3c2ccccc2Cl)cc1. The van der Waals surface area contributed by atoms with Gasteiger partial charge in [-0.3, -0.25) is 0 Å². The first-order valence-electron chi connectivity index (χ1n) is 11.1. The molecule has 2 N–H and O–H groups in total. The topological polar surface area (TPSA) is 94.6 Å². The second kappa shape index (κ2) is 9.73. The lowest BCUT2D eigenvalue weighted by molar-refractivity contribution is -0.136. The molecule has 0 amide bonds. The molecule has 0 saturated heterocycles. The van der Waals surface area contributed by atoms with E-state index in [2.05, 4.69) is 26.8 Å². The number of carbonyl (C=O) groups is 1. The fourth-order valence-corrected chi connectivity index (χ4v) is 4.13. The van der Waals surface area contributed by atoms with Crippen molar-refractivity contribution in [2.45, 2.75) is 32.1 Å². The smallest absolute Gasteiger partial charge is 0.349 e. The van der Waals surface area contributed by atoms with E-state index in [-0.39, 0.29) is 29.2 Å². The highest BCUT2D eigenvalue weighted by atomic mass is 35.5. The summed E-state index contributed by atoms with van der Waals surface area (Å²) in [7, 11) is 0. The molecule has 1 unspecified atom stereocenters. The molecule has 178 valence electrons. The average molecular weight is 489 g/mol. The number of rotatable bonds is 5. The van der Waals surface area contributed by atoms with Crippen LogP contribution in [0, 0.1) is 11.3 Å². The molecule has 1 heterocycles. The maximum Gasteiger partial charge on any atom is 0.349 e. The molecule has 0 bridgehead atoms. The Bertz CT molecular complexity index is 1330. The zero-order valence-electron chi connectivity index (χ0n) is 19.7. The minimum Gasteiger partial charge on any atom is -0.482 e. The molecule has 6 nitrogen and oxygen atoms in total. The van der Waals surface area contributed by atoms with Crippen LogP contribution >= 0.6 is 11.6 Å². The summed E-state index contributed by atoms with van der Waals surface area (Å²) in [5.41, 5.74) is 8.94. The van der Waals surface area contributed by atoms with Crippen LogP contribution in [0.2, 0.25) is 5.02 Å². The number of ether oxygens (including phenoxy) is 3. The molecular weight excluding hydrogens is 464 g/mol. The summed E-state index contributed by atoms with van der Waals surface area (Å²) in [6.07, 6.45) is 0. The van der Waals surface area contributed by atoms with Gasteiger partial charge in [-0.25, -0.2) is 4.79 Å². The van der Waals surface area contributed by atoms with Gasteiger partial charge in [0.25, 0.3) is 0 Å². The summed E-state index contributed by atoms with van der Waals surface area (Å²) in [4.78, 5) is 12.4. The zero-order chi connectivity index (χ0) is 25.2. The van der Waals surface area contributed by atoms with E-state index in [4.69, 9.17) is 31.5 Å². The predicted molar refractivity (Wildman–Crippen MR) is 133 cm³/mol. The molecule has 0 saturated carbocycles. The number of hydrogen-bond acceptors (Lipinski definition) is 6. The number of esters is 1. The highest BCUT2D eigenvalue weighted by Crippen LogP contribution is 2.45. The molecular formula is C28H25ClN2O4. The highest BCUT2D eigenvalue weighted by Gasteiger charge is 2.32. The van der Waals surface area contributed by atoms with E-state index in [0.717, 1.165) is 5.56 Å². The zero-order valence-corrected chi connectivity index (χ0v) is 20.4. The molecule has 4 rings (SSSR count). The van der Waals surface area contributed by atoms with Gasteiger partial charge < -0.3 is 19.9 Å². The van der Waals surface area contributed by atoms with Crippen LogP contribution in [-0.2, 0) is 10.2 Å². The van der Waals surface area contributed by atoms with Crippen molar-refractivity contribution in [1.29, 1.82) is 5.26 Å². The van der Waals surface area contributed by atoms with Crippen LogP contribution < -0.4 is 19.9 Å². The molecule has 3 aromatic rings. The second-order valence-electron chi connectivity index (χ2n) is 9.18. The van der Waals surface area contributed by atoms with Crippen LogP contribution in [0.3, 0.4) is 0 Å². The Hall–Kier alpha value is -3.95. The number of hydrogen-bond donors (Lipinski definition) is 1. The number of carbonyl (C=O) groups excluding carboxylic acids is 1. The third kappa shape index (κ3) is 5.26. The number of nitrogens with two attached hydrogens (primary N) is 1. The van der Waals surface area contributed by atoms with Gasteiger partial charge in [0.05, 0.1) is 5.92 Å². The summed E-state index contributed by atoms with van der Waals surface area (Å²) in [6.45, 7) is 6.13.